The van der Waals surface area contributed by atoms with Crippen molar-refractivity contribution in [3.8, 4) is 16.9 Å². The van der Waals surface area contributed by atoms with E-state index in [2.05, 4.69) is 89.1 Å². The Morgan fingerprint density at radius 3 is 2.53 bits per heavy atom. The average molecular weight is 462 g/mol. The van der Waals surface area contributed by atoms with Crippen LogP contribution in [0.15, 0.2) is 42.5 Å². The molecule has 0 bridgehead atoms. The Labute approximate surface area is 191 Å². The molecule has 0 radical (unpaired) electrons. The molecule has 2 aliphatic heterocycles. The standard InChI is InChI=1S/C24H25BN2O3P2/c1-23(2)24(3,4)30-25(29-23)15-6-7-16-14(9-15)12-28-20-11-17-13(10-18(16)20)5-8-19-21(17)27-22(26-19)32-31/h5-11,32H,12,31H2,1-4H3,(H,26,27). The predicted octanol–water partition coefficient (Wildman–Crippen LogP) is 4.67. The van der Waals surface area contributed by atoms with Crippen LogP contribution < -0.4 is 15.8 Å². The van der Waals surface area contributed by atoms with Crippen LogP contribution in [0.1, 0.15) is 33.3 Å². The van der Waals surface area contributed by atoms with Crippen molar-refractivity contribution in [3.63, 3.8) is 0 Å². The number of benzene rings is 3. The van der Waals surface area contributed by atoms with E-state index in [1.165, 1.54) is 10.9 Å². The summed E-state index contributed by atoms with van der Waals surface area (Å²) in [5.74, 6) is 0.908. The van der Waals surface area contributed by atoms with Crippen LogP contribution in [0, 0.1) is 0 Å². The van der Waals surface area contributed by atoms with Gasteiger partial charge in [-0.05, 0) is 76.1 Å². The first-order valence-corrected chi connectivity index (χ1v) is 13.6. The first-order chi connectivity index (χ1) is 15.3. The summed E-state index contributed by atoms with van der Waals surface area (Å²) in [5.41, 5.74) is 6.84. The molecule has 2 atom stereocenters. The van der Waals surface area contributed by atoms with E-state index in [9.17, 15) is 0 Å². The maximum Gasteiger partial charge on any atom is 0.494 e. The Morgan fingerprint density at radius 2 is 1.78 bits per heavy atom. The molecule has 32 heavy (non-hydrogen) atoms. The Bertz CT molecular complexity index is 1380. The van der Waals surface area contributed by atoms with E-state index in [4.69, 9.17) is 14.0 Å². The van der Waals surface area contributed by atoms with Crippen molar-refractivity contribution in [3.05, 3.63) is 48.0 Å². The van der Waals surface area contributed by atoms with Gasteiger partial charge in [-0.3, -0.25) is 0 Å². The van der Waals surface area contributed by atoms with Gasteiger partial charge in [-0.25, -0.2) is 4.98 Å². The molecule has 3 aromatic carbocycles. The Kier molecular flexibility index (Phi) is 4.52. The number of ether oxygens (including phenoxy) is 1. The molecule has 1 N–H and O–H groups in total. The number of rotatable bonds is 2. The van der Waals surface area contributed by atoms with Crippen molar-refractivity contribution < 1.29 is 14.0 Å². The molecule has 2 aliphatic rings. The van der Waals surface area contributed by atoms with E-state index in [1.807, 2.05) is 0 Å². The van der Waals surface area contributed by atoms with Gasteiger partial charge in [0.25, 0.3) is 0 Å². The first-order valence-electron chi connectivity index (χ1n) is 10.8. The lowest BCUT2D eigenvalue weighted by atomic mass is 9.77. The minimum absolute atomic E-state index is 0.357. The van der Waals surface area contributed by atoms with Crippen molar-refractivity contribution in [2.45, 2.75) is 45.5 Å². The lowest BCUT2D eigenvalue weighted by Gasteiger charge is -2.32. The zero-order chi connectivity index (χ0) is 22.3. The molecule has 6 rings (SSSR count). The molecule has 1 aromatic heterocycles. The zero-order valence-electron chi connectivity index (χ0n) is 18.6. The van der Waals surface area contributed by atoms with Crippen LogP contribution >= 0.6 is 17.2 Å². The number of hydrogen-bond donors (Lipinski definition) is 1. The highest BCUT2D eigenvalue weighted by atomic mass is 32.0. The third-order valence-corrected chi connectivity index (χ3v) is 8.37. The fourth-order valence-electron chi connectivity index (χ4n) is 4.51. The lowest BCUT2D eigenvalue weighted by molar-refractivity contribution is 0.00578. The number of aromatic nitrogens is 2. The number of nitrogens with one attached hydrogen (secondary N) is 1. The molecule has 0 saturated carbocycles. The minimum Gasteiger partial charge on any atom is -0.488 e. The third-order valence-electron chi connectivity index (χ3n) is 7.04. The van der Waals surface area contributed by atoms with Crippen molar-refractivity contribution in [1.29, 1.82) is 0 Å². The summed E-state index contributed by atoms with van der Waals surface area (Å²) in [7, 11) is 2.94. The Hall–Kier alpha value is -1.97. The van der Waals surface area contributed by atoms with E-state index >= 15 is 0 Å². The van der Waals surface area contributed by atoms with Crippen LogP contribution in [0.5, 0.6) is 5.75 Å². The molecule has 3 heterocycles. The zero-order valence-corrected chi connectivity index (χ0v) is 20.7. The molecule has 4 aromatic rings. The van der Waals surface area contributed by atoms with Gasteiger partial charge in [0.2, 0.25) is 0 Å². The fourth-order valence-corrected chi connectivity index (χ4v) is 5.30. The highest BCUT2D eigenvalue weighted by Crippen LogP contribution is 2.42. The maximum atomic E-state index is 6.25. The van der Waals surface area contributed by atoms with Crippen LogP contribution in [0.25, 0.3) is 32.9 Å². The highest BCUT2D eigenvalue weighted by Gasteiger charge is 2.51. The second-order valence-corrected chi connectivity index (χ2v) is 11.2. The number of aromatic amines is 1. The number of nitrogens with zero attached hydrogens (tertiary/aromatic N) is 1. The number of imidazole rings is 1. The number of hydrogen-bond acceptors (Lipinski definition) is 4. The molecule has 5 nitrogen and oxygen atoms in total. The number of fused-ring (bicyclic) bond motifs is 6. The van der Waals surface area contributed by atoms with Crippen molar-refractivity contribution in [1.82, 2.24) is 9.97 Å². The third kappa shape index (κ3) is 3.04. The molecule has 1 saturated heterocycles. The summed E-state index contributed by atoms with van der Waals surface area (Å²) in [6.07, 6.45) is 0. The SMILES string of the molecule is CC1(C)OB(c2ccc3c(c2)COc2cc4c(ccc5nc(PP)[nH]c54)cc2-3)OC1(C)C. The second kappa shape index (κ2) is 7.02. The van der Waals surface area contributed by atoms with Gasteiger partial charge >= 0.3 is 7.12 Å². The van der Waals surface area contributed by atoms with Gasteiger partial charge in [-0.1, -0.05) is 24.3 Å². The highest BCUT2D eigenvalue weighted by molar-refractivity contribution is 8.06. The molecule has 0 amide bonds. The average Bonchev–Trinajstić information content (AvgIpc) is 3.29. The van der Waals surface area contributed by atoms with Gasteiger partial charge in [0.05, 0.1) is 22.2 Å². The van der Waals surface area contributed by atoms with E-state index < -0.39 is 0 Å². The summed E-state index contributed by atoms with van der Waals surface area (Å²) < 4.78 is 18.7. The molecule has 2 unspecified atom stereocenters. The van der Waals surface area contributed by atoms with E-state index in [0.29, 0.717) is 14.9 Å². The minimum atomic E-state index is -0.372. The van der Waals surface area contributed by atoms with Gasteiger partial charge in [0.1, 0.15) is 17.9 Å². The van der Waals surface area contributed by atoms with Gasteiger partial charge in [0, 0.05) is 10.9 Å². The van der Waals surface area contributed by atoms with Crippen LogP contribution in [0.4, 0.5) is 0 Å². The van der Waals surface area contributed by atoms with Crippen LogP contribution in [0.2, 0.25) is 0 Å². The predicted molar refractivity (Wildman–Crippen MR) is 137 cm³/mol. The van der Waals surface area contributed by atoms with Crippen LogP contribution in [-0.4, -0.2) is 28.3 Å². The fraction of sp³-hybridized carbons (Fsp3) is 0.292. The molecular formula is C24H25BN2O3P2. The molecule has 0 spiro atoms. The summed E-state index contributed by atoms with van der Waals surface area (Å²) in [6, 6.07) is 15.0. The monoisotopic (exact) mass is 462 g/mol. The van der Waals surface area contributed by atoms with E-state index in [0.717, 1.165) is 44.3 Å². The van der Waals surface area contributed by atoms with Gasteiger partial charge in [0.15, 0.2) is 0 Å². The summed E-state index contributed by atoms with van der Waals surface area (Å²) >= 11 is 0. The van der Waals surface area contributed by atoms with E-state index in [1.54, 1.807) is 0 Å². The Balaban J connectivity index is 1.42. The quantitative estimate of drug-likeness (QED) is 0.348. The van der Waals surface area contributed by atoms with Crippen LogP contribution in [0.3, 0.4) is 0 Å². The van der Waals surface area contributed by atoms with Gasteiger partial charge < -0.3 is 19.0 Å². The molecule has 1 fully saturated rings. The van der Waals surface area contributed by atoms with Crippen LogP contribution in [-0.2, 0) is 15.9 Å². The summed E-state index contributed by atoms with van der Waals surface area (Å²) in [6.45, 7) is 8.84. The smallest absolute Gasteiger partial charge is 0.488 e. The molecular weight excluding hydrogens is 437 g/mol. The van der Waals surface area contributed by atoms with Crippen molar-refractivity contribution in [2.24, 2.45) is 0 Å². The number of H-pyrrole nitrogens is 1. The largest absolute Gasteiger partial charge is 0.494 e. The molecule has 162 valence electrons. The van der Waals surface area contributed by atoms with Crippen molar-refractivity contribution in [2.75, 3.05) is 0 Å². The Morgan fingerprint density at radius 1 is 1.00 bits per heavy atom. The van der Waals surface area contributed by atoms with Gasteiger partial charge in [-0.15, -0.1) is 8.93 Å². The first kappa shape index (κ1) is 20.6. The maximum absolute atomic E-state index is 6.25. The van der Waals surface area contributed by atoms with E-state index in [-0.39, 0.29) is 18.3 Å². The summed E-state index contributed by atoms with van der Waals surface area (Å²) in [4.78, 5) is 8.13. The normalized spacial score (nSPS) is 19.0. The second-order valence-electron chi connectivity index (χ2n) is 9.55. The molecule has 0 aliphatic carbocycles. The molecule has 8 heteroatoms. The topological polar surface area (TPSA) is 56.4 Å². The summed E-state index contributed by atoms with van der Waals surface area (Å²) in [5, 5.41) is 2.31. The lowest BCUT2D eigenvalue weighted by Crippen LogP contribution is -2.41. The van der Waals surface area contributed by atoms with Gasteiger partial charge in [-0.2, -0.15) is 0 Å². The van der Waals surface area contributed by atoms with Crippen molar-refractivity contribution >= 4 is 57.2 Å².